The quantitative estimate of drug-likeness (QED) is 0.770. The number of rotatable bonds is 4. The Labute approximate surface area is 116 Å². The van der Waals surface area contributed by atoms with E-state index in [9.17, 15) is 0 Å². The summed E-state index contributed by atoms with van der Waals surface area (Å²) in [7, 11) is 0. The summed E-state index contributed by atoms with van der Waals surface area (Å²) in [6.45, 7) is 7.87. The highest BCUT2D eigenvalue weighted by Gasteiger charge is 2.18. The molecule has 2 rings (SSSR count). The lowest BCUT2D eigenvalue weighted by atomic mass is 9.93. The Bertz CT molecular complexity index is 361. The molecule has 0 bridgehead atoms. The molecule has 102 valence electrons. The highest BCUT2D eigenvalue weighted by atomic mass is 32.1. The summed E-state index contributed by atoms with van der Waals surface area (Å²) >= 11 is 1.92. The van der Waals surface area contributed by atoms with E-state index in [-0.39, 0.29) is 0 Å². The molecule has 0 aliphatic heterocycles. The number of aryl methyl sites for hydroxylation is 2. The molecule has 0 spiro atoms. The van der Waals surface area contributed by atoms with Gasteiger partial charge in [0.1, 0.15) is 0 Å². The van der Waals surface area contributed by atoms with Crippen LogP contribution in [0.1, 0.15) is 60.8 Å². The number of hydrogen-bond donors (Lipinski definition) is 1. The second-order valence-corrected chi connectivity index (χ2v) is 7.32. The Morgan fingerprint density at radius 1 is 1.22 bits per heavy atom. The van der Waals surface area contributed by atoms with Crippen LogP contribution in [-0.4, -0.2) is 6.04 Å². The van der Waals surface area contributed by atoms with Crippen LogP contribution in [0, 0.1) is 19.8 Å². The van der Waals surface area contributed by atoms with Crippen molar-refractivity contribution in [3.8, 4) is 0 Å². The topological polar surface area (TPSA) is 12.0 Å². The fraction of sp³-hybridized carbons (Fsp3) is 0.750. The van der Waals surface area contributed by atoms with Crippen molar-refractivity contribution in [2.24, 2.45) is 5.92 Å². The highest BCUT2D eigenvalue weighted by Crippen LogP contribution is 2.26. The SMILES string of the molecule is Cc1cc(CN[C@H](C)C2CCCCCC2)c(C)s1. The minimum absolute atomic E-state index is 0.669. The van der Waals surface area contributed by atoms with Gasteiger partial charge < -0.3 is 5.32 Å². The average molecular weight is 265 g/mol. The van der Waals surface area contributed by atoms with Crippen molar-refractivity contribution in [2.75, 3.05) is 0 Å². The van der Waals surface area contributed by atoms with Crippen molar-refractivity contribution in [3.05, 3.63) is 21.4 Å². The maximum Gasteiger partial charge on any atom is 0.0219 e. The smallest absolute Gasteiger partial charge is 0.0219 e. The van der Waals surface area contributed by atoms with Gasteiger partial charge >= 0.3 is 0 Å². The molecule has 1 nitrogen and oxygen atoms in total. The molecule has 1 aromatic heterocycles. The summed E-state index contributed by atoms with van der Waals surface area (Å²) in [5, 5.41) is 3.76. The van der Waals surface area contributed by atoms with E-state index in [0.717, 1.165) is 12.5 Å². The van der Waals surface area contributed by atoms with Gasteiger partial charge in [-0.2, -0.15) is 0 Å². The van der Waals surface area contributed by atoms with Gasteiger partial charge in [0.2, 0.25) is 0 Å². The molecular formula is C16H27NS. The molecule has 1 aliphatic carbocycles. The van der Waals surface area contributed by atoms with Gasteiger partial charge in [0, 0.05) is 22.3 Å². The van der Waals surface area contributed by atoms with Gasteiger partial charge in [-0.05, 0) is 51.2 Å². The summed E-state index contributed by atoms with van der Waals surface area (Å²) < 4.78 is 0. The first-order chi connectivity index (χ1) is 8.66. The van der Waals surface area contributed by atoms with E-state index in [4.69, 9.17) is 0 Å². The fourth-order valence-electron chi connectivity index (χ4n) is 3.11. The number of hydrogen-bond acceptors (Lipinski definition) is 2. The lowest BCUT2D eigenvalue weighted by Gasteiger charge is -2.23. The van der Waals surface area contributed by atoms with Crippen molar-refractivity contribution in [1.82, 2.24) is 5.32 Å². The van der Waals surface area contributed by atoms with Gasteiger partial charge in [-0.25, -0.2) is 0 Å². The van der Waals surface area contributed by atoms with E-state index in [2.05, 4.69) is 32.2 Å². The van der Waals surface area contributed by atoms with Crippen LogP contribution in [0.5, 0.6) is 0 Å². The van der Waals surface area contributed by atoms with Crippen LogP contribution in [0.15, 0.2) is 6.07 Å². The Morgan fingerprint density at radius 2 is 1.89 bits per heavy atom. The predicted octanol–water partition coefficient (Wildman–Crippen LogP) is 4.81. The van der Waals surface area contributed by atoms with Crippen LogP contribution in [0.4, 0.5) is 0 Å². The molecule has 1 N–H and O–H groups in total. The third kappa shape index (κ3) is 3.83. The standard InChI is InChI=1S/C16H27NS/c1-12-10-16(14(3)18-12)11-17-13(2)15-8-6-4-5-7-9-15/h10,13,15,17H,4-9,11H2,1-3H3/t13-/m1/s1. The van der Waals surface area contributed by atoms with Crippen LogP contribution in [0.2, 0.25) is 0 Å². The number of nitrogens with one attached hydrogen (secondary N) is 1. The Hall–Kier alpha value is -0.340. The lowest BCUT2D eigenvalue weighted by Crippen LogP contribution is -2.33. The van der Waals surface area contributed by atoms with Crippen LogP contribution in [0.25, 0.3) is 0 Å². The van der Waals surface area contributed by atoms with Gasteiger partial charge in [0.05, 0.1) is 0 Å². The van der Waals surface area contributed by atoms with E-state index >= 15 is 0 Å². The van der Waals surface area contributed by atoms with Crippen LogP contribution < -0.4 is 5.32 Å². The van der Waals surface area contributed by atoms with E-state index < -0.39 is 0 Å². The van der Waals surface area contributed by atoms with Crippen LogP contribution in [0.3, 0.4) is 0 Å². The third-order valence-electron chi connectivity index (χ3n) is 4.37. The van der Waals surface area contributed by atoms with Gasteiger partial charge in [-0.3, -0.25) is 0 Å². The van der Waals surface area contributed by atoms with Gasteiger partial charge in [0.25, 0.3) is 0 Å². The molecule has 1 fully saturated rings. The summed E-state index contributed by atoms with van der Waals surface area (Å²) in [6, 6.07) is 3.01. The van der Waals surface area contributed by atoms with Crippen LogP contribution in [-0.2, 0) is 6.54 Å². The van der Waals surface area contributed by atoms with Crippen molar-refractivity contribution in [2.45, 2.75) is 71.9 Å². The van der Waals surface area contributed by atoms with Gasteiger partial charge in [0.15, 0.2) is 0 Å². The minimum Gasteiger partial charge on any atom is -0.310 e. The molecule has 18 heavy (non-hydrogen) atoms. The second kappa shape index (κ2) is 6.72. The minimum atomic E-state index is 0.669. The zero-order valence-electron chi connectivity index (χ0n) is 12.1. The third-order valence-corrected chi connectivity index (χ3v) is 5.37. The maximum atomic E-state index is 3.76. The summed E-state index contributed by atoms with van der Waals surface area (Å²) in [5.41, 5.74) is 1.50. The van der Waals surface area contributed by atoms with Gasteiger partial charge in [-0.15, -0.1) is 11.3 Å². The van der Waals surface area contributed by atoms with Crippen molar-refractivity contribution in [3.63, 3.8) is 0 Å². The Balaban J connectivity index is 1.83. The average Bonchev–Trinajstić information content (AvgIpc) is 2.59. The molecule has 1 heterocycles. The molecule has 1 atom stereocenters. The van der Waals surface area contributed by atoms with Crippen molar-refractivity contribution >= 4 is 11.3 Å². The van der Waals surface area contributed by atoms with E-state index in [0.29, 0.717) is 6.04 Å². The molecule has 2 heteroatoms. The molecule has 0 amide bonds. The zero-order chi connectivity index (χ0) is 13.0. The molecule has 0 saturated heterocycles. The zero-order valence-corrected chi connectivity index (χ0v) is 12.9. The normalized spacial score (nSPS) is 19.7. The summed E-state index contributed by atoms with van der Waals surface area (Å²) in [4.78, 5) is 2.92. The molecule has 1 aliphatic rings. The number of thiophene rings is 1. The van der Waals surface area contributed by atoms with Crippen LogP contribution >= 0.6 is 11.3 Å². The molecule has 0 unspecified atom stereocenters. The van der Waals surface area contributed by atoms with E-state index in [1.165, 1.54) is 53.8 Å². The Morgan fingerprint density at radius 3 is 2.44 bits per heavy atom. The monoisotopic (exact) mass is 265 g/mol. The largest absolute Gasteiger partial charge is 0.310 e. The summed E-state index contributed by atoms with van der Waals surface area (Å²) in [6.07, 6.45) is 8.63. The van der Waals surface area contributed by atoms with E-state index in [1.807, 2.05) is 11.3 Å². The predicted molar refractivity (Wildman–Crippen MR) is 81.3 cm³/mol. The first-order valence-corrected chi connectivity index (χ1v) is 8.28. The first-order valence-electron chi connectivity index (χ1n) is 7.46. The molecule has 0 radical (unpaired) electrons. The van der Waals surface area contributed by atoms with Gasteiger partial charge in [-0.1, -0.05) is 25.7 Å². The second-order valence-electron chi connectivity index (χ2n) is 5.86. The lowest BCUT2D eigenvalue weighted by molar-refractivity contribution is 0.336. The molecular weight excluding hydrogens is 238 g/mol. The summed E-state index contributed by atoms with van der Waals surface area (Å²) in [5.74, 6) is 0.896. The van der Waals surface area contributed by atoms with Crippen molar-refractivity contribution in [1.29, 1.82) is 0 Å². The van der Waals surface area contributed by atoms with Crippen molar-refractivity contribution < 1.29 is 0 Å². The molecule has 1 aromatic rings. The molecule has 0 aromatic carbocycles. The fourth-order valence-corrected chi connectivity index (χ4v) is 4.05. The maximum absolute atomic E-state index is 3.76. The Kier molecular flexibility index (Phi) is 5.25. The molecule has 1 saturated carbocycles. The highest BCUT2D eigenvalue weighted by molar-refractivity contribution is 7.12. The van der Waals surface area contributed by atoms with E-state index in [1.54, 1.807) is 0 Å². The first kappa shape index (κ1) is 14.1.